The van der Waals surface area contributed by atoms with Crippen molar-refractivity contribution in [3.05, 3.63) is 12.2 Å². The molecular weight excluding hydrogens is 166 g/mol. The van der Waals surface area contributed by atoms with Crippen LogP contribution in [-0.2, 0) is 0 Å². The zero-order chi connectivity index (χ0) is 9.90. The van der Waals surface area contributed by atoms with E-state index in [0.29, 0.717) is 12.4 Å². The van der Waals surface area contributed by atoms with Crippen LogP contribution >= 0.6 is 0 Å². The van der Waals surface area contributed by atoms with Crippen LogP contribution in [0.2, 0.25) is 0 Å². The molecule has 0 aliphatic carbocycles. The van der Waals surface area contributed by atoms with Gasteiger partial charge < -0.3 is 10.3 Å². The molecule has 0 saturated carbocycles. The Kier molecular flexibility index (Phi) is 3.03. The van der Waals surface area contributed by atoms with Crippen molar-refractivity contribution in [3.63, 3.8) is 0 Å². The van der Waals surface area contributed by atoms with Gasteiger partial charge in [-0.1, -0.05) is 25.9 Å². The summed E-state index contributed by atoms with van der Waals surface area (Å²) in [6.07, 6.45) is 2.38. The summed E-state index contributed by atoms with van der Waals surface area (Å²) in [6.45, 7) is 7.07. The minimum absolute atomic E-state index is 0.183. The van der Waals surface area contributed by atoms with E-state index >= 15 is 0 Å². The third kappa shape index (κ3) is 3.14. The van der Waals surface area contributed by atoms with Crippen molar-refractivity contribution in [3.8, 4) is 0 Å². The third-order valence-corrected chi connectivity index (χ3v) is 1.87. The van der Waals surface area contributed by atoms with E-state index in [1.165, 1.54) is 6.33 Å². The van der Waals surface area contributed by atoms with Crippen molar-refractivity contribution < 1.29 is 4.52 Å². The van der Waals surface area contributed by atoms with Crippen molar-refractivity contribution in [1.29, 1.82) is 0 Å². The average molecular weight is 183 g/mol. The molecule has 1 atom stereocenters. The molecule has 2 N–H and O–H groups in total. The van der Waals surface area contributed by atoms with Crippen LogP contribution in [0, 0.1) is 5.41 Å². The first-order valence-electron chi connectivity index (χ1n) is 4.49. The number of aromatic nitrogens is 2. The number of nitrogens with two attached hydrogens (primary N) is 1. The average Bonchev–Trinajstić information content (AvgIpc) is 2.50. The molecule has 0 aromatic carbocycles. The van der Waals surface area contributed by atoms with Crippen LogP contribution in [-0.4, -0.2) is 16.7 Å². The molecule has 0 aliphatic rings. The number of hydrogen-bond donors (Lipinski definition) is 1. The molecule has 4 heteroatoms. The molecule has 74 valence electrons. The van der Waals surface area contributed by atoms with Gasteiger partial charge in [0, 0.05) is 6.54 Å². The quantitative estimate of drug-likeness (QED) is 0.772. The molecule has 4 nitrogen and oxygen atoms in total. The molecule has 1 heterocycles. The van der Waals surface area contributed by atoms with Crippen LogP contribution < -0.4 is 5.73 Å². The van der Waals surface area contributed by atoms with Crippen LogP contribution in [0.5, 0.6) is 0 Å². The van der Waals surface area contributed by atoms with E-state index in [-0.39, 0.29) is 11.3 Å². The number of rotatable bonds is 3. The summed E-state index contributed by atoms with van der Waals surface area (Å²) >= 11 is 0. The summed E-state index contributed by atoms with van der Waals surface area (Å²) in [7, 11) is 0. The summed E-state index contributed by atoms with van der Waals surface area (Å²) in [6, 6.07) is 0. The Morgan fingerprint density at radius 1 is 1.54 bits per heavy atom. The minimum Gasteiger partial charge on any atom is -0.339 e. The van der Waals surface area contributed by atoms with E-state index in [2.05, 4.69) is 30.9 Å². The van der Waals surface area contributed by atoms with E-state index < -0.39 is 0 Å². The Labute approximate surface area is 78.5 Å². The van der Waals surface area contributed by atoms with E-state index in [4.69, 9.17) is 10.3 Å². The van der Waals surface area contributed by atoms with Gasteiger partial charge in [0.05, 0.1) is 5.92 Å². The summed E-state index contributed by atoms with van der Waals surface area (Å²) in [5, 5.41) is 3.58. The van der Waals surface area contributed by atoms with Gasteiger partial charge in [-0.2, -0.15) is 4.98 Å². The van der Waals surface area contributed by atoms with E-state index in [9.17, 15) is 0 Å². The molecule has 1 aromatic heterocycles. The SMILES string of the molecule is CC(C)(C)CC(CN)c1ncno1. The Morgan fingerprint density at radius 2 is 2.23 bits per heavy atom. The van der Waals surface area contributed by atoms with Crippen LogP contribution in [0.4, 0.5) is 0 Å². The highest BCUT2D eigenvalue weighted by atomic mass is 16.5. The number of hydrogen-bond acceptors (Lipinski definition) is 4. The van der Waals surface area contributed by atoms with Crippen molar-refractivity contribution in [1.82, 2.24) is 10.1 Å². The summed E-state index contributed by atoms with van der Waals surface area (Å²) in [5.41, 5.74) is 5.88. The van der Waals surface area contributed by atoms with E-state index in [0.717, 1.165) is 6.42 Å². The molecule has 0 aliphatic heterocycles. The fourth-order valence-corrected chi connectivity index (χ4v) is 1.37. The van der Waals surface area contributed by atoms with Crippen molar-refractivity contribution in [2.45, 2.75) is 33.1 Å². The lowest BCUT2D eigenvalue weighted by atomic mass is 9.84. The van der Waals surface area contributed by atoms with Crippen molar-refractivity contribution in [2.75, 3.05) is 6.54 Å². The topological polar surface area (TPSA) is 64.9 Å². The molecule has 0 saturated heterocycles. The van der Waals surface area contributed by atoms with Crippen LogP contribution in [0.15, 0.2) is 10.9 Å². The zero-order valence-electron chi connectivity index (χ0n) is 8.45. The normalized spacial score (nSPS) is 14.5. The highest BCUT2D eigenvalue weighted by Gasteiger charge is 2.22. The van der Waals surface area contributed by atoms with Gasteiger partial charge in [0.15, 0.2) is 6.33 Å². The molecule has 0 bridgehead atoms. The lowest BCUT2D eigenvalue weighted by Crippen LogP contribution is -2.19. The fourth-order valence-electron chi connectivity index (χ4n) is 1.37. The number of nitrogens with zero attached hydrogens (tertiary/aromatic N) is 2. The maximum atomic E-state index is 5.64. The summed E-state index contributed by atoms with van der Waals surface area (Å²) in [4.78, 5) is 4.01. The molecule has 0 amide bonds. The smallest absolute Gasteiger partial charge is 0.230 e. The lowest BCUT2D eigenvalue weighted by Gasteiger charge is -2.22. The largest absolute Gasteiger partial charge is 0.339 e. The fraction of sp³-hybridized carbons (Fsp3) is 0.778. The van der Waals surface area contributed by atoms with Crippen LogP contribution in [0.1, 0.15) is 39.0 Å². The van der Waals surface area contributed by atoms with Gasteiger partial charge >= 0.3 is 0 Å². The monoisotopic (exact) mass is 183 g/mol. The highest BCUT2D eigenvalue weighted by Crippen LogP contribution is 2.29. The summed E-state index contributed by atoms with van der Waals surface area (Å²) < 4.78 is 4.99. The first kappa shape index (κ1) is 10.2. The Balaban J connectivity index is 2.64. The Morgan fingerprint density at radius 3 is 2.62 bits per heavy atom. The third-order valence-electron chi connectivity index (χ3n) is 1.87. The lowest BCUT2D eigenvalue weighted by molar-refractivity contribution is 0.286. The van der Waals surface area contributed by atoms with Crippen LogP contribution in [0.3, 0.4) is 0 Å². The second kappa shape index (κ2) is 3.87. The zero-order valence-corrected chi connectivity index (χ0v) is 8.45. The highest BCUT2D eigenvalue weighted by molar-refractivity contribution is 4.91. The molecule has 1 unspecified atom stereocenters. The standard InChI is InChI=1S/C9H17N3O/c1-9(2,3)4-7(5-10)8-11-6-12-13-8/h6-7H,4-5,10H2,1-3H3. The summed E-state index contributed by atoms with van der Waals surface area (Å²) in [5.74, 6) is 0.833. The maximum Gasteiger partial charge on any atom is 0.230 e. The van der Waals surface area contributed by atoms with E-state index in [1.807, 2.05) is 0 Å². The van der Waals surface area contributed by atoms with Gasteiger partial charge in [0.25, 0.3) is 0 Å². The van der Waals surface area contributed by atoms with Gasteiger partial charge in [0.1, 0.15) is 0 Å². The molecular formula is C9H17N3O. The first-order valence-corrected chi connectivity index (χ1v) is 4.49. The second-order valence-corrected chi connectivity index (χ2v) is 4.48. The van der Waals surface area contributed by atoms with Crippen LogP contribution in [0.25, 0.3) is 0 Å². The van der Waals surface area contributed by atoms with Gasteiger partial charge in [-0.25, -0.2) is 0 Å². The second-order valence-electron chi connectivity index (χ2n) is 4.48. The van der Waals surface area contributed by atoms with Gasteiger partial charge in [0.2, 0.25) is 5.89 Å². The van der Waals surface area contributed by atoms with E-state index in [1.54, 1.807) is 0 Å². The predicted octanol–water partition coefficient (Wildman–Crippen LogP) is 1.55. The van der Waals surface area contributed by atoms with Crippen molar-refractivity contribution in [2.24, 2.45) is 11.1 Å². The van der Waals surface area contributed by atoms with Gasteiger partial charge in [-0.05, 0) is 11.8 Å². The molecule has 1 aromatic rings. The predicted molar refractivity (Wildman–Crippen MR) is 50.2 cm³/mol. The van der Waals surface area contributed by atoms with Gasteiger partial charge in [-0.3, -0.25) is 0 Å². The molecule has 0 radical (unpaired) electrons. The first-order chi connectivity index (χ1) is 6.03. The van der Waals surface area contributed by atoms with Gasteiger partial charge in [-0.15, -0.1) is 0 Å². The molecule has 13 heavy (non-hydrogen) atoms. The minimum atomic E-state index is 0.183. The molecule has 1 rings (SSSR count). The molecule has 0 spiro atoms. The maximum absolute atomic E-state index is 5.64. The van der Waals surface area contributed by atoms with Crippen molar-refractivity contribution >= 4 is 0 Å². The Bertz CT molecular complexity index is 238. The molecule has 0 fully saturated rings. The Hall–Kier alpha value is -0.900.